The summed E-state index contributed by atoms with van der Waals surface area (Å²) in [6.45, 7) is 0.585. The summed E-state index contributed by atoms with van der Waals surface area (Å²) in [7, 11) is 3.15. The van der Waals surface area contributed by atoms with Crippen LogP contribution in [0.15, 0.2) is 58.2 Å². The van der Waals surface area contributed by atoms with Crippen molar-refractivity contribution in [1.29, 1.82) is 0 Å². The van der Waals surface area contributed by atoms with Crippen LogP contribution in [0.4, 0.5) is 0 Å². The summed E-state index contributed by atoms with van der Waals surface area (Å²) in [5.41, 5.74) is 1.87. The number of aromatic nitrogens is 2. The Bertz CT molecular complexity index is 893. The maximum atomic E-state index is 12.0. The number of amides is 1. The lowest BCUT2D eigenvalue weighted by atomic mass is 10.1. The molecule has 28 heavy (non-hydrogen) atoms. The Morgan fingerprint density at radius 3 is 2.46 bits per heavy atom. The lowest BCUT2D eigenvalue weighted by Gasteiger charge is -2.05. The molecule has 146 valence electrons. The predicted octanol–water partition coefficient (Wildman–Crippen LogP) is 3.20. The molecular weight excluding hydrogens is 378 g/mol. The van der Waals surface area contributed by atoms with Crippen molar-refractivity contribution < 1.29 is 18.7 Å². The molecule has 3 rings (SSSR count). The standard InChI is InChI=1S/C20H21N3O4S/c1-25-16-10-15(11-17(12-16)26-2)19-22-23-20(27-19)28-13-18(24)21-9-8-14-6-4-3-5-7-14/h3-7,10-12H,8-9,13H2,1-2H3,(H,21,24). The molecule has 0 aliphatic heterocycles. The number of rotatable bonds is 9. The van der Waals surface area contributed by atoms with E-state index in [0.717, 1.165) is 6.42 Å². The first-order valence-corrected chi connectivity index (χ1v) is 9.67. The fourth-order valence-corrected chi connectivity index (χ4v) is 3.08. The van der Waals surface area contributed by atoms with Gasteiger partial charge in [-0.2, -0.15) is 0 Å². The van der Waals surface area contributed by atoms with Crippen molar-refractivity contribution in [2.24, 2.45) is 0 Å². The van der Waals surface area contributed by atoms with Crippen molar-refractivity contribution >= 4 is 17.7 Å². The molecule has 3 aromatic rings. The van der Waals surface area contributed by atoms with Crippen molar-refractivity contribution in [3.63, 3.8) is 0 Å². The fourth-order valence-electron chi connectivity index (χ4n) is 2.48. The summed E-state index contributed by atoms with van der Waals surface area (Å²) in [4.78, 5) is 12.0. The molecule has 1 heterocycles. The van der Waals surface area contributed by atoms with Gasteiger partial charge in [-0.25, -0.2) is 0 Å². The van der Waals surface area contributed by atoms with Gasteiger partial charge in [0.1, 0.15) is 11.5 Å². The quantitative estimate of drug-likeness (QED) is 0.553. The monoisotopic (exact) mass is 399 g/mol. The number of methoxy groups -OCH3 is 2. The lowest BCUT2D eigenvalue weighted by Crippen LogP contribution is -2.27. The maximum absolute atomic E-state index is 12.0. The summed E-state index contributed by atoms with van der Waals surface area (Å²) in [5.74, 6) is 1.71. The van der Waals surface area contributed by atoms with E-state index < -0.39 is 0 Å². The number of nitrogens with zero attached hydrogens (tertiary/aromatic N) is 2. The molecule has 0 unspecified atom stereocenters. The molecule has 0 saturated heterocycles. The zero-order valence-electron chi connectivity index (χ0n) is 15.7. The van der Waals surface area contributed by atoms with Crippen molar-refractivity contribution in [3.8, 4) is 23.0 Å². The van der Waals surface area contributed by atoms with Gasteiger partial charge in [0.05, 0.1) is 20.0 Å². The Morgan fingerprint density at radius 2 is 1.79 bits per heavy atom. The fraction of sp³-hybridized carbons (Fsp3) is 0.250. The second-order valence-electron chi connectivity index (χ2n) is 5.85. The van der Waals surface area contributed by atoms with Gasteiger partial charge < -0.3 is 19.2 Å². The summed E-state index contributed by atoms with van der Waals surface area (Å²) in [5, 5.41) is 11.2. The molecule has 2 aromatic carbocycles. The van der Waals surface area contributed by atoms with Crippen LogP contribution in [0.3, 0.4) is 0 Å². The molecule has 1 N–H and O–H groups in total. The SMILES string of the molecule is COc1cc(OC)cc(-c2nnc(SCC(=O)NCCc3ccccc3)o2)c1. The third-order valence-corrected chi connectivity index (χ3v) is 4.73. The van der Waals surface area contributed by atoms with Crippen LogP contribution in [-0.4, -0.2) is 42.6 Å². The van der Waals surface area contributed by atoms with E-state index in [1.807, 2.05) is 30.3 Å². The Kier molecular flexibility index (Phi) is 6.91. The molecule has 0 aliphatic carbocycles. The predicted molar refractivity (Wildman–Crippen MR) is 107 cm³/mol. The van der Waals surface area contributed by atoms with Crippen LogP contribution in [0.5, 0.6) is 11.5 Å². The number of thioether (sulfide) groups is 1. The molecule has 0 aliphatic rings. The van der Waals surface area contributed by atoms with Crippen LogP contribution in [-0.2, 0) is 11.2 Å². The van der Waals surface area contributed by atoms with Crippen LogP contribution in [0.25, 0.3) is 11.5 Å². The Balaban J connectivity index is 1.51. The molecule has 1 amide bonds. The molecule has 0 bridgehead atoms. The van der Waals surface area contributed by atoms with Gasteiger partial charge in [0.25, 0.3) is 5.22 Å². The smallest absolute Gasteiger partial charge is 0.277 e. The highest BCUT2D eigenvalue weighted by atomic mass is 32.2. The van der Waals surface area contributed by atoms with E-state index >= 15 is 0 Å². The Morgan fingerprint density at radius 1 is 1.07 bits per heavy atom. The van der Waals surface area contributed by atoms with Gasteiger partial charge in [0.2, 0.25) is 11.8 Å². The van der Waals surface area contributed by atoms with E-state index in [1.54, 1.807) is 32.4 Å². The molecule has 0 fully saturated rings. The summed E-state index contributed by atoms with van der Waals surface area (Å²) < 4.78 is 16.1. The molecular formula is C20H21N3O4S. The van der Waals surface area contributed by atoms with Gasteiger partial charge in [0, 0.05) is 18.2 Å². The van der Waals surface area contributed by atoms with Gasteiger partial charge in [0.15, 0.2) is 0 Å². The third-order valence-electron chi connectivity index (χ3n) is 3.91. The minimum atomic E-state index is -0.0799. The van der Waals surface area contributed by atoms with Gasteiger partial charge in [-0.1, -0.05) is 42.1 Å². The summed E-state index contributed by atoms with van der Waals surface area (Å²) >= 11 is 1.20. The number of nitrogens with one attached hydrogen (secondary N) is 1. The number of ether oxygens (including phenoxy) is 2. The molecule has 8 heteroatoms. The topological polar surface area (TPSA) is 86.5 Å². The van der Waals surface area contributed by atoms with Crippen molar-refractivity contribution in [2.45, 2.75) is 11.6 Å². The van der Waals surface area contributed by atoms with Crippen molar-refractivity contribution in [1.82, 2.24) is 15.5 Å². The van der Waals surface area contributed by atoms with Crippen LogP contribution >= 0.6 is 11.8 Å². The first-order chi connectivity index (χ1) is 13.7. The first kappa shape index (κ1) is 19.8. The molecule has 0 spiro atoms. The average molecular weight is 399 g/mol. The van der Waals surface area contributed by atoms with Gasteiger partial charge in [-0.15, -0.1) is 10.2 Å². The number of hydrogen-bond donors (Lipinski definition) is 1. The zero-order chi connectivity index (χ0) is 19.8. The highest BCUT2D eigenvalue weighted by Crippen LogP contribution is 2.30. The highest BCUT2D eigenvalue weighted by Gasteiger charge is 2.13. The van der Waals surface area contributed by atoms with E-state index in [4.69, 9.17) is 13.9 Å². The number of carbonyl (C=O) groups excluding carboxylic acids is 1. The first-order valence-electron chi connectivity index (χ1n) is 8.68. The highest BCUT2D eigenvalue weighted by molar-refractivity contribution is 7.99. The van der Waals surface area contributed by atoms with Crippen molar-refractivity contribution in [3.05, 3.63) is 54.1 Å². The van der Waals surface area contributed by atoms with Gasteiger partial charge >= 0.3 is 0 Å². The molecule has 7 nitrogen and oxygen atoms in total. The molecule has 1 aromatic heterocycles. The van der Waals surface area contributed by atoms with Crippen LogP contribution in [0.2, 0.25) is 0 Å². The molecule has 0 radical (unpaired) electrons. The van der Waals surface area contributed by atoms with Crippen LogP contribution in [0.1, 0.15) is 5.56 Å². The molecule has 0 atom stereocenters. The maximum Gasteiger partial charge on any atom is 0.277 e. The largest absolute Gasteiger partial charge is 0.497 e. The van der Waals surface area contributed by atoms with E-state index in [2.05, 4.69) is 15.5 Å². The van der Waals surface area contributed by atoms with E-state index in [0.29, 0.717) is 34.7 Å². The lowest BCUT2D eigenvalue weighted by molar-refractivity contribution is -0.118. The van der Waals surface area contributed by atoms with Crippen LogP contribution in [0, 0.1) is 0 Å². The summed E-state index contributed by atoms with van der Waals surface area (Å²) in [6, 6.07) is 15.3. The normalized spacial score (nSPS) is 10.5. The second-order valence-corrected chi connectivity index (χ2v) is 6.78. The van der Waals surface area contributed by atoms with Gasteiger partial charge in [-0.3, -0.25) is 4.79 Å². The second kappa shape index (κ2) is 9.80. The Labute approximate surface area is 167 Å². The number of benzene rings is 2. The van der Waals surface area contributed by atoms with E-state index in [1.165, 1.54) is 17.3 Å². The van der Waals surface area contributed by atoms with Gasteiger partial charge in [-0.05, 0) is 24.1 Å². The average Bonchev–Trinajstić information content (AvgIpc) is 3.22. The van der Waals surface area contributed by atoms with Crippen LogP contribution < -0.4 is 14.8 Å². The Hall–Kier alpha value is -3.00. The third kappa shape index (κ3) is 5.50. The number of hydrogen-bond acceptors (Lipinski definition) is 7. The molecule has 0 saturated carbocycles. The van der Waals surface area contributed by atoms with E-state index in [-0.39, 0.29) is 11.7 Å². The van der Waals surface area contributed by atoms with E-state index in [9.17, 15) is 4.79 Å². The van der Waals surface area contributed by atoms with Crippen molar-refractivity contribution in [2.75, 3.05) is 26.5 Å². The zero-order valence-corrected chi connectivity index (χ0v) is 16.5. The number of carbonyl (C=O) groups is 1. The minimum Gasteiger partial charge on any atom is -0.497 e. The summed E-state index contributed by atoms with van der Waals surface area (Å²) in [6.07, 6.45) is 0.791. The minimum absolute atomic E-state index is 0.0799.